The second-order valence-electron chi connectivity index (χ2n) is 6.01. The minimum absolute atomic E-state index is 0.214. The van der Waals surface area contributed by atoms with Crippen LogP contribution in [0.5, 0.6) is 0 Å². The molecule has 1 aromatic rings. The number of hydrogen-bond acceptors (Lipinski definition) is 3. The van der Waals surface area contributed by atoms with Crippen molar-refractivity contribution in [2.75, 3.05) is 32.8 Å². The highest BCUT2D eigenvalue weighted by atomic mass is 19.1. The van der Waals surface area contributed by atoms with Crippen LogP contribution in [-0.4, -0.2) is 49.7 Å². The van der Waals surface area contributed by atoms with Crippen LogP contribution < -0.4 is 5.32 Å². The number of carbonyl (C=O) groups excluding carboxylic acids is 1. The highest BCUT2D eigenvalue weighted by Crippen LogP contribution is 2.19. The van der Waals surface area contributed by atoms with E-state index in [0.29, 0.717) is 24.1 Å². The van der Waals surface area contributed by atoms with E-state index in [1.807, 2.05) is 0 Å². The molecule has 5 heteroatoms. The number of nitrogens with one attached hydrogen (secondary N) is 1. The summed E-state index contributed by atoms with van der Waals surface area (Å²) in [5.41, 5.74) is 0.371. The van der Waals surface area contributed by atoms with Crippen LogP contribution in [0.2, 0.25) is 0 Å². The smallest absolute Gasteiger partial charge is 0.251 e. The summed E-state index contributed by atoms with van der Waals surface area (Å²) in [6.07, 6.45) is 2.16. The molecule has 1 N–H and O–H groups in total. The van der Waals surface area contributed by atoms with E-state index in [1.165, 1.54) is 12.1 Å². The SMILES string of the molecule is CCC(CC)C(CNC(=O)c1cccc(F)c1)N1CCOCC1. The van der Waals surface area contributed by atoms with Crippen LogP contribution in [0.3, 0.4) is 0 Å². The Hall–Kier alpha value is -1.46. The number of morpholine rings is 1. The molecule has 0 radical (unpaired) electrons. The molecule has 1 heterocycles. The van der Waals surface area contributed by atoms with Crippen molar-refractivity contribution >= 4 is 5.91 Å². The fourth-order valence-corrected chi connectivity index (χ4v) is 3.26. The molecule has 0 aliphatic carbocycles. The molecule has 1 aliphatic rings. The Morgan fingerprint density at radius 1 is 1.30 bits per heavy atom. The fraction of sp³-hybridized carbons (Fsp3) is 0.611. The standard InChI is InChI=1S/C18H27FN2O2/c1-3-14(4-2)17(21-8-10-23-11-9-21)13-20-18(22)15-6-5-7-16(19)12-15/h5-7,12,14,17H,3-4,8-11,13H2,1-2H3,(H,20,22). The minimum atomic E-state index is -0.387. The molecule has 2 rings (SSSR count). The van der Waals surface area contributed by atoms with Crippen molar-refractivity contribution in [3.63, 3.8) is 0 Å². The third kappa shape index (κ3) is 5.01. The number of ether oxygens (including phenoxy) is 1. The summed E-state index contributed by atoms with van der Waals surface area (Å²) in [6, 6.07) is 6.11. The molecule has 1 amide bonds. The van der Waals surface area contributed by atoms with Gasteiger partial charge in [-0.25, -0.2) is 4.39 Å². The number of carbonyl (C=O) groups is 1. The molecule has 0 aromatic heterocycles. The lowest BCUT2D eigenvalue weighted by molar-refractivity contribution is 0.00191. The summed E-state index contributed by atoms with van der Waals surface area (Å²) in [5, 5.41) is 2.98. The Morgan fingerprint density at radius 3 is 2.61 bits per heavy atom. The lowest BCUT2D eigenvalue weighted by atomic mass is 9.92. The number of hydrogen-bond donors (Lipinski definition) is 1. The second kappa shape index (κ2) is 8.99. The largest absolute Gasteiger partial charge is 0.379 e. The van der Waals surface area contributed by atoms with Gasteiger partial charge in [0.05, 0.1) is 13.2 Å². The van der Waals surface area contributed by atoms with Gasteiger partial charge in [0.15, 0.2) is 0 Å². The molecule has 4 nitrogen and oxygen atoms in total. The van der Waals surface area contributed by atoms with E-state index in [0.717, 1.165) is 39.1 Å². The van der Waals surface area contributed by atoms with Gasteiger partial charge in [-0.1, -0.05) is 32.8 Å². The van der Waals surface area contributed by atoms with Gasteiger partial charge in [-0.2, -0.15) is 0 Å². The number of amides is 1. The maximum Gasteiger partial charge on any atom is 0.251 e. The Kier molecular flexibility index (Phi) is 6.99. The fourth-order valence-electron chi connectivity index (χ4n) is 3.26. The van der Waals surface area contributed by atoms with Crippen LogP contribution in [0.25, 0.3) is 0 Å². The molecule has 0 bridgehead atoms. The average molecular weight is 322 g/mol. The van der Waals surface area contributed by atoms with E-state index in [4.69, 9.17) is 4.74 Å². The van der Waals surface area contributed by atoms with Crippen LogP contribution in [0, 0.1) is 11.7 Å². The number of nitrogens with zero attached hydrogens (tertiary/aromatic N) is 1. The summed E-state index contributed by atoms with van der Waals surface area (Å²) in [4.78, 5) is 14.7. The van der Waals surface area contributed by atoms with Gasteiger partial charge in [0.25, 0.3) is 5.91 Å². The van der Waals surface area contributed by atoms with Gasteiger partial charge in [-0.3, -0.25) is 9.69 Å². The molecule has 1 saturated heterocycles. The first-order valence-corrected chi connectivity index (χ1v) is 8.51. The van der Waals surface area contributed by atoms with Gasteiger partial charge in [0.2, 0.25) is 0 Å². The van der Waals surface area contributed by atoms with Crippen LogP contribution in [0.4, 0.5) is 4.39 Å². The number of benzene rings is 1. The monoisotopic (exact) mass is 322 g/mol. The molecule has 1 atom stereocenters. The van der Waals surface area contributed by atoms with Crippen molar-refractivity contribution in [2.45, 2.75) is 32.7 Å². The normalized spacial score (nSPS) is 17.2. The maximum atomic E-state index is 13.3. The minimum Gasteiger partial charge on any atom is -0.379 e. The molecule has 1 aliphatic heterocycles. The van der Waals surface area contributed by atoms with Crippen molar-refractivity contribution in [3.8, 4) is 0 Å². The molecule has 0 spiro atoms. The van der Waals surface area contributed by atoms with E-state index >= 15 is 0 Å². The first kappa shape index (κ1) is 17.9. The quantitative estimate of drug-likeness (QED) is 0.839. The van der Waals surface area contributed by atoms with Crippen LogP contribution in [-0.2, 0) is 4.74 Å². The molecular weight excluding hydrogens is 295 g/mol. The predicted molar refractivity (Wildman–Crippen MR) is 89.0 cm³/mol. The summed E-state index contributed by atoms with van der Waals surface area (Å²) >= 11 is 0. The van der Waals surface area contributed by atoms with E-state index < -0.39 is 0 Å². The lowest BCUT2D eigenvalue weighted by Crippen LogP contribution is -2.52. The van der Waals surface area contributed by atoms with Crippen LogP contribution in [0.15, 0.2) is 24.3 Å². The Labute approximate surface area is 138 Å². The van der Waals surface area contributed by atoms with Crippen molar-refractivity contribution in [2.24, 2.45) is 5.92 Å². The summed E-state index contributed by atoms with van der Waals surface area (Å²) < 4.78 is 18.7. The van der Waals surface area contributed by atoms with Gasteiger partial charge in [0.1, 0.15) is 5.82 Å². The average Bonchev–Trinajstić information content (AvgIpc) is 2.59. The first-order chi connectivity index (χ1) is 11.2. The zero-order valence-electron chi connectivity index (χ0n) is 14.1. The van der Waals surface area contributed by atoms with Crippen molar-refractivity contribution in [1.29, 1.82) is 0 Å². The molecule has 128 valence electrons. The van der Waals surface area contributed by atoms with Gasteiger partial charge >= 0.3 is 0 Å². The lowest BCUT2D eigenvalue weighted by Gasteiger charge is -2.38. The molecule has 1 aromatic carbocycles. The Morgan fingerprint density at radius 2 is 2.00 bits per heavy atom. The summed E-state index contributed by atoms with van der Waals surface area (Å²) in [5.74, 6) is -0.0722. The van der Waals surface area contributed by atoms with Crippen molar-refractivity contribution in [1.82, 2.24) is 10.2 Å². The highest BCUT2D eigenvalue weighted by molar-refractivity contribution is 5.94. The van der Waals surface area contributed by atoms with Gasteiger partial charge < -0.3 is 10.1 Å². The van der Waals surface area contributed by atoms with Gasteiger partial charge in [0, 0.05) is 31.2 Å². The Bertz CT molecular complexity index is 500. The van der Waals surface area contributed by atoms with Crippen LogP contribution in [0.1, 0.15) is 37.0 Å². The van der Waals surface area contributed by atoms with Gasteiger partial charge in [-0.05, 0) is 24.1 Å². The zero-order valence-corrected chi connectivity index (χ0v) is 14.1. The number of halogens is 1. The van der Waals surface area contributed by atoms with E-state index in [-0.39, 0.29) is 11.7 Å². The van der Waals surface area contributed by atoms with E-state index in [1.54, 1.807) is 12.1 Å². The van der Waals surface area contributed by atoms with Crippen LogP contribution >= 0.6 is 0 Å². The first-order valence-electron chi connectivity index (χ1n) is 8.51. The molecule has 1 unspecified atom stereocenters. The zero-order chi connectivity index (χ0) is 16.7. The topological polar surface area (TPSA) is 41.6 Å². The highest BCUT2D eigenvalue weighted by Gasteiger charge is 2.27. The van der Waals surface area contributed by atoms with E-state index in [2.05, 4.69) is 24.1 Å². The second-order valence-corrected chi connectivity index (χ2v) is 6.01. The third-order valence-electron chi connectivity index (χ3n) is 4.67. The predicted octanol–water partition coefficient (Wildman–Crippen LogP) is 2.69. The summed E-state index contributed by atoms with van der Waals surface area (Å²) in [7, 11) is 0. The van der Waals surface area contributed by atoms with Crippen molar-refractivity contribution in [3.05, 3.63) is 35.6 Å². The summed E-state index contributed by atoms with van der Waals surface area (Å²) in [6.45, 7) is 8.25. The third-order valence-corrected chi connectivity index (χ3v) is 4.67. The Balaban J connectivity index is 2.00. The van der Waals surface area contributed by atoms with Gasteiger partial charge in [-0.15, -0.1) is 0 Å². The van der Waals surface area contributed by atoms with E-state index in [9.17, 15) is 9.18 Å². The molecule has 1 fully saturated rings. The van der Waals surface area contributed by atoms with Crippen molar-refractivity contribution < 1.29 is 13.9 Å². The molecule has 23 heavy (non-hydrogen) atoms. The molecular formula is C18H27FN2O2. The maximum absolute atomic E-state index is 13.3. The molecule has 0 saturated carbocycles. The number of rotatable bonds is 7.